The number of aliphatic imine (C=N–C) groups is 1. The van der Waals surface area contributed by atoms with Gasteiger partial charge in [0.15, 0.2) is 15.8 Å². The van der Waals surface area contributed by atoms with E-state index in [0.29, 0.717) is 35.3 Å². The molecule has 144 valence electrons. The Morgan fingerprint density at radius 1 is 1.16 bits per heavy atom. The number of nitrogens with zero attached hydrogens (tertiary/aromatic N) is 1. The summed E-state index contributed by atoms with van der Waals surface area (Å²) in [5.41, 5.74) is 0. The summed E-state index contributed by atoms with van der Waals surface area (Å²) in [5.74, 6) is 3.67. The molecule has 4 atom stereocenters. The standard InChI is InChI=1S/C18H33N3O2S2/c1-14-5-2-3-7-17(14)21-18(20-12-16-6-4-9-24-16)19-11-15-8-10-25(22,23)13-15/h14-17H,2-13H2,1H3,(H2,19,20,21). The monoisotopic (exact) mass is 387 g/mol. The molecule has 0 aromatic carbocycles. The van der Waals surface area contributed by atoms with Crippen LogP contribution in [0.15, 0.2) is 4.99 Å². The van der Waals surface area contributed by atoms with Crippen LogP contribution >= 0.6 is 11.8 Å². The van der Waals surface area contributed by atoms with Gasteiger partial charge >= 0.3 is 0 Å². The predicted octanol–water partition coefficient (Wildman–Crippen LogP) is 2.43. The third kappa shape index (κ3) is 6.05. The highest BCUT2D eigenvalue weighted by Crippen LogP contribution is 2.26. The molecule has 2 N–H and O–H groups in total. The molecule has 0 radical (unpaired) electrons. The number of nitrogens with one attached hydrogen (secondary N) is 2. The van der Waals surface area contributed by atoms with E-state index in [2.05, 4.69) is 17.6 Å². The Kier molecular flexibility index (Phi) is 6.94. The van der Waals surface area contributed by atoms with E-state index in [1.54, 1.807) is 0 Å². The summed E-state index contributed by atoms with van der Waals surface area (Å²) < 4.78 is 23.3. The Hall–Kier alpha value is -0.430. The zero-order valence-corrected chi connectivity index (χ0v) is 17.0. The first-order valence-electron chi connectivity index (χ1n) is 9.89. The summed E-state index contributed by atoms with van der Waals surface area (Å²) >= 11 is 2.05. The second-order valence-electron chi connectivity index (χ2n) is 7.99. The highest BCUT2D eigenvalue weighted by Gasteiger charge is 2.28. The van der Waals surface area contributed by atoms with Crippen LogP contribution in [0.1, 0.15) is 51.9 Å². The molecule has 1 aliphatic carbocycles. The Labute approximate surface area is 157 Å². The molecule has 0 aromatic heterocycles. The van der Waals surface area contributed by atoms with E-state index < -0.39 is 9.84 Å². The number of rotatable bonds is 5. The largest absolute Gasteiger partial charge is 0.355 e. The van der Waals surface area contributed by atoms with Gasteiger partial charge in [-0.05, 0) is 49.7 Å². The fourth-order valence-electron chi connectivity index (χ4n) is 4.11. The molecule has 0 bridgehead atoms. The minimum absolute atomic E-state index is 0.188. The first-order chi connectivity index (χ1) is 12.0. The van der Waals surface area contributed by atoms with Gasteiger partial charge in [0.1, 0.15) is 0 Å². The highest BCUT2D eigenvalue weighted by molar-refractivity contribution is 8.00. The maximum absolute atomic E-state index is 11.7. The van der Waals surface area contributed by atoms with E-state index in [1.165, 1.54) is 44.3 Å². The molecule has 5 nitrogen and oxygen atoms in total. The number of hydrogen-bond donors (Lipinski definition) is 2. The van der Waals surface area contributed by atoms with Gasteiger partial charge < -0.3 is 10.6 Å². The fourth-order valence-corrected chi connectivity index (χ4v) is 7.16. The van der Waals surface area contributed by atoms with Crippen LogP contribution in [0.5, 0.6) is 0 Å². The first-order valence-corrected chi connectivity index (χ1v) is 12.8. The molecule has 3 rings (SSSR count). The molecule has 2 saturated heterocycles. The van der Waals surface area contributed by atoms with E-state index in [0.717, 1.165) is 18.9 Å². The van der Waals surface area contributed by atoms with Crippen molar-refractivity contribution in [1.29, 1.82) is 0 Å². The zero-order chi connectivity index (χ0) is 17.7. The van der Waals surface area contributed by atoms with Crippen LogP contribution in [0.25, 0.3) is 0 Å². The molecule has 0 spiro atoms. The molecule has 2 aliphatic heterocycles. The van der Waals surface area contributed by atoms with Gasteiger partial charge in [0, 0.05) is 24.4 Å². The third-order valence-electron chi connectivity index (χ3n) is 5.79. The summed E-state index contributed by atoms with van der Waals surface area (Å²) in [6, 6.07) is 0.489. The topological polar surface area (TPSA) is 70.6 Å². The van der Waals surface area contributed by atoms with Crippen LogP contribution in [0.3, 0.4) is 0 Å². The van der Waals surface area contributed by atoms with Gasteiger partial charge in [-0.3, -0.25) is 4.99 Å². The second-order valence-corrected chi connectivity index (χ2v) is 11.6. The van der Waals surface area contributed by atoms with Crippen molar-refractivity contribution in [2.24, 2.45) is 16.8 Å². The SMILES string of the molecule is CC1CCCCC1NC(=NCC1CCS(=O)(=O)C1)NCC1CCCS1. The summed E-state index contributed by atoms with van der Waals surface area (Å²) in [5, 5.41) is 7.88. The number of hydrogen-bond acceptors (Lipinski definition) is 4. The van der Waals surface area contributed by atoms with Crippen molar-refractivity contribution in [1.82, 2.24) is 10.6 Å². The minimum Gasteiger partial charge on any atom is -0.355 e. The zero-order valence-electron chi connectivity index (χ0n) is 15.4. The molecular weight excluding hydrogens is 354 g/mol. The van der Waals surface area contributed by atoms with Crippen LogP contribution in [0.2, 0.25) is 0 Å². The Bertz CT molecular complexity index is 559. The van der Waals surface area contributed by atoms with Gasteiger partial charge in [0.05, 0.1) is 11.5 Å². The minimum atomic E-state index is -2.82. The number of sulfone groups is 1. The lowest BCUT2D eigenvalue weighted by molar-refractivity contribution is 0.306. The van der Waals surface area contributed by atoms with Gasteiger partial charge in [-0.2, -0.15) is 11.8 Å². The molecule has 1 saturated carbocycles. The first kappa shape index (κ1) is 19.3. The van der Waals surface area contributed by atoms with Crippen LogP contribution in [0, 0.1) is 11.8 Å². The number of thioether (sulfide) groups is 1. The van der Waals surface area contributed by atoms with Crippen molar-refractivity contribution in [3.05, 3.63) is 0 Å². The van der Waals surface area contributed by atoms with Crippen molar-refractivity contribution >= 4 is 27.6 Å². The Morgan fingerprint density at radius 3 is 2.68 bits per heavy atom. The quantitative estimate of drug-likeness (QED) is 0.560. The van der Waals surface area contributed by atoms with Crippen molar-refractivity contribution in [2.75, 3.05) is 30.3 Å². The molecule has 0 amide bonds. The van der Waals surface area contributed by atoms with Gasteiger partial charge in [-0.15, -0.1) is 0 Å². The van der Waals surface area contributed by atoms with Gasteiger partial charge in [0.25, 0.3) is 0 Å². The molecule has 3 fully saturated rings. The van der Waals surface area contributed by atoms with E-state index in [1.807, 2.05) is 11.8 Å². The summed E-state index contributed by atoms with van der Waals surface area (Å²) in [6.45, 7) is 3.90. The molecule has 4 unspecified atom stereocenters. The average molecular weight is 388 g/mol. The van der Waals surface area contributed by atoms with Crippen LogP contribution in [0.4, 0.5) is 0 Å². The predicted molar refractivity (Wildman–Crippen MR) is 107 cm³/mol. The van der Waals surface area contributed by atoms with Gasteiger partial charge in [0.2, 0.25) is 0 Å². The molecule has 7 heteroatoms. The number of guanidine groups is 1. The van der Waals surface area contributed by atoms with E-state index in [9.17, 15) is 8.42 Å². The maximum Gasteiger partial charge on any atom is 0.191 e. The molecular formula is C18H33N3O2S2. The summed E-state index contributed by atoms with van der Waals surface area (Å²) in [6.07, 6.45) is 8.47. The summed E-state index contributed by atoms with van der Waals surface area (Å²) in [4.78, 5) is 4.78. The highest BCUT2D eigenvalue weighted by atomic mass is 32.2. The lowest BCUT2D eigenvalue weighted by Gasteiger charge is -2.31. The summed E-state index contributed by atoms with van der Waals surface area (Å²) in [7, 11) is -2.82. The van der Waals surface area contributed by atoms with Crippen LogP contribution in [-0.4, -0.2) is 56.0 Å². The smallest absolute Gasteiger partial charge is 0.191 e. The Morgan fingerprint density at radius 2 is 2.00 bits per heavy atom. The van der Waals surface area contributed by atoms with Crippen molar-refractivity contribution < 1.29 is 8.42 Å². The maximum atomic E-state index is 11.7. The lowest BCUT2D eigenvalue weighted by Crippen LogP contribution is -2.48. The van der Waals surface area contributed by atoms with Crippen LogP contribution in [-0.2, 0) is 9.84 Å². The fraction of sp³-hybridized carbons (Fsp3) is 0.944. The lowest BCUT2D eigenvalue weighted by atomic mass is 9.86. The van der Waals surface area contributed by atoms with Gasteiger partial charge in [-0.25, -0.2) is 8.42 Å². The molecule has 2 heterocycles. The van der Waals surface area contributed by atoms with Crippen molar-refractivity contribution in [2.45, 2.75) is 63.2 Å². The second kappa shape index (κ2) is 8.98. The third-order valence-corrected chi connectivity index (χ3v) is 9.02. The van der Waals surface area contributed by atoms with E-state index in [-0.39, 0.29) is 5.92 Å². The molecule has 3 aliphatic rings. The molecule has 0 aromatic rings. The average Bonchev–Trinajstić information content (AvgIpc) is 3.21. The van der Waals surface area contributed by atoms with E-state index in [4.69, 9.17) is 4.99 Å². The Balaban J connectivity index is 1.57. The van der Waals surface area contributed by atoms with Crippen molar-refractivity contribution in [3.63, 3.8) is 0 Å². The van der Waals surface area contributed by atoms with Crippen LogP contribution < -0.4 is 10.6 Å². The normalized spacial score (nSPS) is 35.6. The van der Waals surface area contributed by atoms with E-state index >= 15 is 0 Å². The molecule has 25 heavy (non-hydrogen) atoms. The van der Waals surface area contributed by atoms with Gasteiger partial charge in [-0.1, -0.05) is 19.8 Å². The van der Waals surface area contributed by atoms with Crippen molar-refractivity contribution in [3.8, 4) is 0 Å².